The molecule has 2 aliphatic rings. The molecule has 1 unspecified atom stereocenters. The van der Waals surface area contributed by atoms with Gasteiger partial charge in [-0.15, -0.1) is 0 Å². The van der Waals surface area contributed by atoms with Crippen LogP contribution in [0, 0.1) is 5.41 Å². The molecule has 1 spiro atoms. The SMILES string of the molecule is Clc1ccc(NC2CCCC23CCOCC3)cc1. The van der Waals surface area contributed by atoms with E-state index in [0.717, 1.165) is 18.2 Å². The van der Waals surface area contributed by atoms with E-state index in [0.29, 0.717) is 11.5 Å². The summed E-state index contributed by atoms with van der Waals surface area (Å²) < 4.78 is 5.53. The van der Waals surface area contributed by atoms with Gasteiger partial charge in [0.1, 0.15) is 0 Å². The maximum Gasteiger partial charge on any atom is 0.0472 e. The van der Waals surface area contributed by atoms with E-state index in [-0.39, 0.29) is 0 Å². The van der Waals surface area contributed by atoms with Crippen LogP contribution < -0.4 is 5.32 Å². The number of hydrogen-bond acceptors (Lipinski definition) is 2. The van der Waals surface area contributed by atoms with Crippen molar-refractivity contribution in [1.29, 1.82) is 0 Å². The van der Waals surface area contributed by atoms with Gasteiger partial charge in [-0.25, -0.2) is 0 Å². The second kappa shape index (κ2) is 5.10. The molecule has 0 bridgehead atoms. The lowest BCUT2D eigenvalue weighted by Gasteiger charge is -2.39. The molecule has 1 atom stereocenters. The van der Waals surface area contributed by atoms with Gasteiger partial charge in [-0.2, -0.15) is 0 Å². The van der Waals surface area contributed by atoms with Gasteiger partial charge in [-0.3, -0.25) is 0 Å². The number of anilines is 1. The second-order valence-corrected chi connectivity index (χ2v) is 6.01. The maximum atomic E-state index is 5.93. The molecule has 0 aromatic heterocycles. The first-order valence-electron chi connectivity index (χ1n) is 6.88. The number of halogens is 1. The predicted molar refractivity (Wildman–Crippen MR) is 75.2 cm³/mol. The van der Waals surface area contributed by atoms with E-state index in [1.165, 1.54) is 37.8 Å². The fourth-order valence-electron chi connectivity index (χ4n) is 3.49. The summed E-state index contributed by atoms with van der Waals surface area (Å²) in [5, 5.41) is 4.51. The second-order valence-electron chi connectivity index (χ2n) is 5.57. The molecule has 2 fully saturated rings. The third-order valence-electron chi connectivity index (χ3n) is 4.58. The van der Waals surface area contributed by atoms with Crippen LogP contribution in [0.5, 0.6) is 0 Å². The van der Waals surface area contributed by atoms with E-state index >= 15 is 0 Å². The third-order valence-corrected chi connectivity index (χ3v) is 4.83. The standard InChI is InChI=1S/C15H20ClNO/c16-12-3-5-13(6-4-12)17-14-2-1-7-15(14)8-10-18-11-9-15/h3-6,14,17H,1-2,7-11H2. The Bertz CT molecular complexity index is 397. The van der Waals surface area contributed by atoms with Crippen molar-refractivity contribution in [2.75, 3.05) is 18.5 Å². The van der Waals surface area contributed by atoms with E-state index in [2.05, 4.69) is 17.4 Å². The third kappa shape index (κ3) is 2.36. The molecule has 1 heterocycles. The van der Waals surface area contributed by atoms with Gasteiger partial charge in [-0.1, -0.05) is 18.0 Å². The highest BCUT2D eigenvalue weighted by molar-refractivity contribution is 6.30. The summed E-state index contributed by atoms with van der Waals surface area (Å²) in [5.74, 6) is 0. The van der Waals surface area contributed by atoms with Crippen LogP contribution in [0.1, 0.15) is 32.1 Å². The van der Waals surface area contributed by atoms with Crippen molar-refractivity contribution in [2.24, 2.45) is 5.41 Å². The van der Waals surface area contributed by atoms with E-state index in [9.17, 15) is 0 Å². The van der Waals surface area contributed by atoms with E-state index in [4.69, 9.17) is 16.3 Å². The molecular weight excluding hydrogens is 246 g/mol. The van der Waals surface area contributed by atoms with Gasteiger partial charge in [0.15, 0.2) is 0 Å². The van der Waals surface area contributed by atoms with Crippen LogP contribution in [0.25, 0.3) is 0 Å². The molecule has 0 amide bonds. The van der Waals surface area contributed by atoms with Crippen molar-refractivity contribution < 1.29 is 4.74 Å². The smallest absolute Gasteiger partial charge is 0.0472 e. The molecule has 98 valence electrons. The number of nitrogens with one attached hydrogen (secondary N) is 1. The Kier molecular flexibility index (Phi) is 3.49. The number of hydrogen-bond donors (Lipinski definition) is 1. The van der Waals surface area contributed by atoms with Crippen molar-refractivity contribution >= 4 is 17.3 Å². The lowest BCUT2D eigenvalue weighted by Crippen LogP contribution is -2.40. The lowest BCUT2D eigenvalue weighted by molar-refractivity contribution is 0.0134. The maximum absolute atomic E-state index is 5.93. The van der Waals surface area contributed by atoms with Crippen LogP contribution in [-0.4, -0.2) is 19.3 Å². The van der Waals surface area contributed by atoms with Crippen LogP contribution in [0.2, 0.25) is 5.02 Å². The Labute approximate surface area is 114 Å². The predicted octanol–water partition coefficient (Wildman–Crippen LogP) is 4.10. The van der Waals surface area contributed by atoms with Gasteiger partial charge in [0.25, 0.3) is 0 Å². The average Bonchev–Trinajstić information content (AvgIpc) is 2.76. The average molecular weight is 266 g/mol. The minimum absolute atomic E-state index is 0.470. The molecule has 1 aromatic rings. The van der Waals surface area contributed by atoms with Gasteiger partial charge >= 0.3 is 0 Å². The molecule has 1 N–H and O–H groups in total. The Morgan fingerprint density at radius 1 is 1.11 bits per heavy atom. The normalized spacial score (nSPS) is 26.4. The van der Waals surface area contributed by atoms with Gasteiger partial charge in [0, 0.05) is 30.0 Å². The molecule has 1 aromatic carbocycles. The topological polar surface area (TPSA) is 21.3 Å². The summed E-state index contributed by atoms with van der Waals surface area (Å²) in [6.07, 6.45) is 6.38. The number of benzene rings is 1. The highest BCUT2D eigenvalue weighted by Crippen LogP contribution is 2.47. The Morgan fingerprint density at radius 3 is 2.56 bits per heavy atom. The highest BCUT2D eigenvalue weighted by Gasteiger charge is 2.43. The van der Waals surface area contributed by atoms with E-state index < -0.39 is 0 Å². The summed E-state index contributed by atoms with van der Waals surface area (Å²) >= 11 is 5.93. The molecule has 0 radical (unpaired) electrons. The Morgan fingerprint density at radius 2 is 1.83 bits per heavy atom. The first-order chi connectivity index (χ1) is 8.78. The monoisotopic (exact) mass is 265 g/mol. The van der Waals surface area contributed by atoms with Crippen LogP contribution in [0.4, 0.5) is 5.69 Å². The van der Waals surface area contributed by atoms with Crippen molar-refractivity contribution in [3.8, 4) is 0 Å². The lowest BCUT2D eigenvalue weighted by atomic mass is 9.75. The van der Waals surface area contributed by atoms with Crippen LogP contribution in [-0.2, 0) is 4.74 Å². The first-order valence-corrected chi connectivity index (χ1v) is 7.26. The molecule has 3 heteroatoms. The fourth-order valence-corrected chi connectivity index (χ4v) is 3.61. The van der Waals surface area contributed by atoms with Gasteiger partial charge in [-0.05, 0) is 55.4 Å². The number of rotatable bonds is 2. The molecule has 18 heavy (non-hydrogen) atoms. The zero-order chi connectivity index (χ0) is 12.4. The zero-order valence-corrected chi connectivity index (χ0v) is 11.4. The molecular formula is C15H20ClNO. The Balaban J connectivity index is 1.73. The molecule has 1 saturated carbocycles. The van der Waals surface area contributed by atoms with Crippen molar-refractivity contribution in [2.45, 2.75) is 38.1 Å². The van der Waals surface area contributed by atoms with Gasteiger partial charge in [0.2, 0.25) is 0 Å². The highest BCUT2D eigenvalue weighted by atomic mass is 35.5. The van der Waals surface area contributed by atoms with Gasteiger partial charge in [0.05, 0.1) is 0 Å². The summed E-state index contributed by atoms with van der Waals surface area (Å²) in [4.78, 5) is 0. The van der Waals surface area contributed by atoms with Crippen molar-refractivity contribution in [1.82, 2.24) is 0 Å². The van der Waals surface area contributed by atoms with Crippen LogP contribution in [0.15, 0.2) is 24.3 Å². The van der Waals surface area contributed by atoms with E-state index in [1.807, 2.05) is 12.1 Å². The quantitative estimate of drug-likeness (QED) is 0.869. The summed E-state index contributed by atoms with van der Waals surface area (Å²) in [5.41, 5.74) is 1.66. The fraction of sp³-hybridized carbons (Fsp3) is 0.600. The summed E-state index contributed by atoms with van der Waals surface area (Å²) in [6, 6.07) is 8.66. The molecule has 3 rings (SSSR count). The molecule has 1 saturated heterocycles. The summed E-state index contributed by atoms with van der Waals surface area (Å²) in [7, 11) is 0. The zero-order valence-electron chi connectivity index (χ0n) is 10.6. The minimum Gasteiger partial charge on any atom is -0.382 e. The van der Waals surface area contributed by atoms with Crippen LogP contribution in [0.3, 0.4) is 0 Å². The first kappa shape index (κ1) is 12.3. The minimum atomic E-state index is 0.470. The molecule has 1 aliphatic heterocycles. The molecule has 1 aliphatic carbocycles. The van der Waals surface area contributed by atoms with Gasteiger partial charge < -0.3 is 10.1 Å². The largest absolute Gasteiger partial charge is 0.382 e. The molecule has 2 nitrogen and oxygen atoms in total. The summed E-state index contributed by atoms with van der Waals surface area (Å²) in [6.45, 7) is 1.86. The van der Waals surface area contributed by atoms with Crippen molar-refractivity contribution in [3.63, 3.8) is 0 Å². The van der Waals surface area contributed by atoms with E-state index in [1.54, 1.807) is 0 Å². The Hall–Kier alpha value is -0.730. The number of ether oxygens (including phenoxy) is 1. The van der Waals surface area contributed by atoms with Crippen LogP contribution >= 0.6 is 11.6 Å². The van der Waals surface area contributed by atoms with Crippen molar-refractivity contribution in [3.05, 3.63) is 29.3 Å².